The van der Waals surface area contributed by atoms with Crippen LogP contribution in [0.2, 0.25) is 0 Å². The number of carbonyl (C=O) groups is 1. The molecular formula is C26H18O. The van der Waals surface area contributed by atoms with Crippen LogP contribution in [0.25, 0.3) is 22.3 Å². The molecule has 0 amide bonds. The molecule has 0 unspecified atom stereocenters. The average molecular weight is 346 g/mol. The van der Waals surface area contributed by atoms with Crippen molar-refractivity contribution < 1.29 is 4.79 Å². The van der Waals surface area contributed by atoms with Crippen molar-refractivity contribution in [1.29, 1.82) is 0 Å². The van der Waals surface area contributed by atoms with Gasteiger partial charge in [-0.05, 0) is 45.9 Å². The highest BCUT2D eigenvalue weighted by Gasteiger charge is 2.26. The van der Waals surface area contributed by atoms with Gasteiger partial charge in [0.1, 0.15) is 0 Å². The molecule has 0 saturated heterocycles. The van der Waals surface area contributed by atoms with E-state index in [1.165, 1.54) is 22.3 Å². The zero-order chi connectivity index (χ0) is 18.2. The zero-order valence-corrected chi connectivity index (χ0v) is 14.9. The van der Waals surface area contributed by atoms with Crippen LogP contribution in [0.15, 0.2) is 97.1 Å². The number of fused-ring (bicyclic) bond motifs is 3. The maximum atomic E-state index is 13.3. The highest BCUT2D eigenvalue weighted by molar-refractivity contribution is 6.14. The van der Waals surface area contributed by atoms with Crippen molar-refractivity contribution in [2.75, 3.05) is 0 Å². The topological polar surface area (TPSA) is 17.1 Å². The first-order valence-corrected chi connectivity index (χ1v) is 9.22. The van der Waals surface area contributed by atoms with E-state index in [4.69, 9.17) is 0 Å². The van der Waals surface area contributed by atoms with Gasteiger partial charge in [0.25, 0.3) is 0 Å². The van der Waals surface area contributed by atoms with Crippen LogP contribution in [0.5, 0.6) is 0 Å². The monoisotopic (exact) mass is 346 g/mol. The van der Waals surface area contributed by atoms with Gasteiger partial charge in [0, 0.05) is 11.1 Å². The summed E-state index contributed by atoms with van der Waals surface area (Å²) in [6.07, 6.45) is 0.867. The molecule has 0 aliphatic heterocycles. The number of hydrogen-bond donors (Lipinski definition) is 0. The largest absolute Gasteiger partial charge is 0.289 e. The van der Waals surface area contributed by atoms with E-state index in [1.807, 2.05) is 54.6 Å². The summed E-state index contributed by atoms with van der Waals surface area (Å²) >= 11 is 0. The Balaban J connectivity index is 1.76. The van der Waals surface area contributed by atoms with Crippen LogP contribution in [0, 0.1) is 0 Å². The summed E-state index contributed by atoms with van der Waals surface area (Å²) < 4.78 is 0. The van der Waals surface area contributed by atoms with Gasteiger partial charge >= 0.3 is 0 Å². The number of hydrogen-bond acceptors (Lipinski definition) is 1. The van der Waals surface area contributed by atoms with E-state index >= 15 is 0 Å². The van der Waals surface area contributed by atoms with E-state index in [0.717, 1.165) is 28.7 Å². The predicted octanol–water partition coefficient (Wildman–Crippen LogP) is 6.16. The predicted molar refractivity (Wildman–Crippen MR) is 110 cm³/mol. The smallest absolute Gasteiger partial charge is 0.193 e. The van der Waals surface area contributed by atoms with Gasteiger partial charge in [0.05, 0.1) is 0 Å². The van der Waals surface area contributed by atoms with Crippen LogP contribution >= 0.6 is 0 Å². The molecule has 0 fully saturated rings. The summed E-state index contributed by atoms with van der Waals surface area (Å²) in [5, 5.41) is 0. The SMILES string of the molecule is O=C(c1ccccc1)c1ccc2c(c1-c1ccccc1)Cc1ccccc1-2. The minimum absolute atomic E-state index is 0.0770. The molecule has 0 radical (unpaired) electrons. The molecule has 1 nitrogen and oxygen atoms in total. The van der Waals surface area contributed by atoms with Crippen LogP contribution in [-0.2, 0) is 6.42 Å². The van der Waals surface area contributed by atoms with Gasteiger partial charge in [-0.3, -0.25) is 4.79 Å². The molecule has 0 bridgehead atoms. The standard InChI is InChI=1S/C26H18O/c27-26(19-11-5-2-6-12-19)23-16-15-22-21-14-8-7-13-20(21)17-24(22)25(23)18-9-3-1-4-10-18/h1-16H,17H2. The summed E-state index contributed by atoms with van der Waals surface area (Å²) in [6, 6.07) is 32.5. The average Bonchev–Trinajstić information content (AvgIpc) is 3.12. The normalized spacial score (nSPS) is 11.7. The Morgan fingerprint density at radius 1 is 0.630 bits per heavy atom. The molecule has 5 rings (SSSR count). The van der Waals surface area contributed by atoms with E-state index in [1.54, 1.807) is 0 Å². The van der Waals surface area contributed by atoms with Crippen molar-refractivity contribution in [2.45, 2.75) is 6.42 Å². The van der Waals surface area contributed by atoms with Crippen molar-refractivity contribution in [3.8, 4) is 22.3 Å². The van der Waals surface area contributed by atoms with Crippen molar-refractivity contribution in [3.05, 3.63) is 119 Å². The highest BCUT2D eigenvalue weighted by Crippen LogP contribution is 2.43. The van der Waals surface area contributed by atoms with Crippen LogP contribution in [0.1, 0.15) is 27.0 Å². The Labute approximate surface area is 158 Å². The lowest BCUT2D eigenvalue weighted by Crippen LogP contribution is -2.05. The van der Waals surface area contributed by atoms with Crippen LogP contribution < -0.4 is 0 Å². The zero-order valence-electron chi connectivity index (χ0n) is 14.9. The summed E-state index contributed by atoms with van der Waals surface area (Å²) in [4.78, 5) is 13.3. The van der Waals surface area contributed by atoms with Gasteiger partial charge in [-0.2, -0.15) is 0 Å². The van der Waals surface area contributed by atoms with Crippen LogP contribution in [0.4, 0.5) is 0 Å². The Bertz CT molecular complexity index is 1140. The molecule has 4 aromatic rings. The maximum Gasteiger partial charge on any atom is 0.193 e. The Kier molecular flexibility index (Phi) is 3.72. The van der Waals surface area contributed by atoms with Crippen LogP contribution in [0.3, 0.4) is 0 Å². The Hall–Kier alpha value is -3.45. The summed E-state index contributed by atoms with van der Waals surface area (Å²) in [6.45, 7) is 0. The van der Waals surface area contributed by atoms with Gasteiger partial charge in [0.15, 0.2) is 5.78 Å². The highest BCUT2D eigenvalue weighted by atomic mass is 16.1. The molecule has 0 aromatic heterocycles. The fraction of sp³-hybridized carbons (Fsp3) is 0.0385. The molecule has 0 spiro atoms. The van der Waals surface area contributed by atoms with Gasteiger partial charge in [-0.15, -0.1) is 0 Å². The molecule has 0 N–H and O–H groups in total. The van der Waals surface area contributed by atoms with Crippen molar-refractivity contribution in [1.82, 2.24) is 0 Å². The molecule has 128 valence electrons. The van der Waals surface area contributed by atoms with Crippen molar-refractivity contribution in [2.24, 2.45) is 0 Å². The molecule has 0 atom stereocenters. The first-order valence-electron chi connectivity index (χ1n) is 9.22. The third-order valence-corrected chi connectivity index (χ3v) is 5.33. The van der Waals surface area contributed by atoms with Gasteiger partial charge in [0.2, 0.25) is 0 Å². The molecular weight excluding hydrogens is 328 g/mol. The first-order chi connectivity index (χ1) is 13.3. The minimum Gasteiger partial charge on any atom is -0.289 e. The number of benzene rings is 4. The second-order valence-corrected chi connectivity index (χ2v) is 6.91. The number of carbonyl (C=O) groups excluding carboxylic acids is 1. The molecule has 1 aliphatic carbocycles. The lowest BCUT2D eigenvalue weighted by atomic mass is 9.88. The summed E-state index contributed by atoms with van der Waals surface area (Å²) in [5.41, 5.74) is 8.78. The fourth-order valence-electron chi connectivity index (χ4n) is 4.08. The Morgan fingerprint density at radius 2 is 1.30 bits per heavy atom. The third-order valence-electron chi connectivity index (χ3n) is 5.33. The third kappa shape index (κ3) is 2.60. The number of ketones is 1. The Morgan fingerprint density at radius 3 is 2.07 bits per heavy atom. The second kappa shape index (κ2) is 6.37. The second-order valence-electron chi connectivity index (χ2n) is 6.91. The van der Waals surface area contributed by atoms with E-state index in [-0.39, 0.29) is 5.78 Å². The molecule has 0 heterocycles. The molecule has 0 saturated carbocycles. The van der Waals surface area contributed by atoms with Crippen LogP contribution in [-0.4, -0.2) is 5.78 Å². The maximum absolute atomic E-state index is 13.3. The van der Waals surface area contributed by atoms with E-state index in [2.05, 4.69) is 42.5 Å². The molecule has 4 aromatic carbocycles. The van der Waals surface area contributed by atoms with E-state index in [9.17, 15) is 4.79 Å². The fourth-order valence-corrected chi connectivity index (χ4v) is 4.08. The van der Waals surface area contributed by atoms with E-state index in [0.29, 0.717) is 0 Å². The van der Waals surface area contributed by atoms with Crippen molar-refractivity contribution in [3.63, 3.8) is 0 Å². The van der Waals surface area contributed by atoms with Gasteiger partial charge in [-0.25, -0.2) is 0 Å². The molecule has 27 heavy (non-hydrogen) atoms. The van der Waals surface area contributed by atoms with Gasteiger partial charge in [-0.1, -0.05) is 91.0 Å². The molecule has 1 aliphatic rings. The van der Waals surface area contributed by atoms with E-state index < -0.39 is 0 Å². The number of rotatable bonds is 3. The summed E-state index contributed by atoms with van der Waals surface area (Å²) in [7, 11) is 0. The first kappa shape index (κ1) is 15.8. The minimum atomic E-state index is 0.0770. The van der Waals surface area contributed by atoms with Gasteiger partial charge < -0.3 is 0 Å². The lowest BCUT2D eigenvalue weighted by molar-refractivity contribution is 0.103. The molecule has 1 heteroatoms. The quantitative estimate of drug-likeness (QED) is 0.358. The summed E-state index contributed by atoms with van der Waals surface area (Å²) in [5.74, 6) is 0.0770. The lowest BCUT2D eigenvalue weighted by Gasteiger charge is -2.15. The van der Waals surface area contributed by atoms with Crippen molar-refractivity contribution >= 4 is 5.78 Å².